The van der Waals surface area contributed by atoms with Crippen molar-refractivity contribution in [3.8, 4) is 0 Å². The molecule has 0 spiro atoms. The van der Waals surface area contributed by atoms with Gasteiger partial charge in [0.1, 0.15) is 0 Å². The highest BCUT2D eigenvalue weighted by Crippen LogP contribution is 2.37. The minimum Gasteiger partial charge on any atom is -0.385 e. The van der Waals surface area contributed by atoms with Crippen LogP contribution < -0.4 is 0 Å². The summed E-state index contributed by atoms with van der Waals surface area (Å²) in [5, 5.41) is 15.0. The van der Waals surface area contributed by atoms with Gasteiger partial charge in [0.05, 0.1) is 11.8 Å². The summed E-state index contributed by atoms with van der Waals surface area (Å²) in [5.41, 5.74) is 0.376. The second-order valence-corrected chi connectivity index (χ2v) is 5.15. The molecular formula is C13H22N2O. The highest BCUT2D eigenvalue weighted by atomic mass is 16.3. The van der Waals surface area contributed by atoms with E-state index in [1.807, 2.05) is 17.1 Å². The van der Waals surface area contributed by atoms with Crippen molar-refractivity contribution < 1.29 is 5.11 Å². The third kappa shape index (κ3) is 2.29. The molecule has 0 amide bonds. The molecule has 2 unspecified atom stereocenters. The highest BCUT2D eigenvalue weighted by molar-refractivity contribution is 5.15. The van der Waals surface area contributed by atoms with Gasteiger partial charge in [0.15, 0.2) is 0 Å². The Bertz CT molecular complexity index is 347. The van der Waals surface area contributed by atoms with E-state index in [9.17, 15) is 5.11 Å². The molecule has 1 aromatic heterocycles. The molecule has 0 aliphatic heterocycles. The van der Waals surface area contributed by atoms with Crippen LogP contribution in [-0.2, 0) is 12.1 Å². The van der Waals surface area contributed by atoms with Gasteiger partial charge in [-0.15, -0.1) is 0 Å². The van der Waals surface area contributed by atoms with E-state index >= 15 is 0 Å². The van der Waals surface area contributed by atoms with Crippen molar-refractivity contribution in [2.75, 3.05) is 0 Å². The Labute approximate surface area is 97.5 Å². The summed E-state index contributed by atoms with van der Waals surface area (Å²) in [4.78, 5) is 0. The summed E-state index contributed by atoms with van der Waals surface area (Å²) in [5.74, 6) is 0.746. The van der Waals surface area contributed by atoms with Crippen LogP contribution in [0.3, 0.4) is 0 Å². The zero-order valence-electron chi connectivity index (χ0n) is 10.3. The Morgan fingerprint density at radius 1 is 1.50 bits per heavy atom. The van der Waals surface area contributed by atoms with Gasteiger partial charge in [-0.3, -0.25) is 4.68 Å². The van der Waals surface area contributed by atoms with Crippen molar-refractivity contribution in [1.82, 2.24) is 9.78 Å². The van der Waals surface area contributed by atoms with Crippen LogP contribution in [0.1, 0.15) is 51.5 Å². The molecule has 1 N–H and O–H groups in total. The Morgan fingerprint density at radius 2 is 2.31 bits per heavy atom. The van der Waals surface area contributed by atoms with Crippen molar-refractivity contribution in [3.63, 3.8) is 0 Å². The average Bonchev–Trinajstić information content (AvgIpc) is 2.69. The second-order valence-electron chi connectivity index (χ2n) is 5.15. The Morgan fingerprint density at radius 3 is 3.00 bits per heavy atom. The Hall–Kier alpha value is -0.830. The van der Waals surface area contributed by atoms with Crippen LogP contribution in [0.2, 0.25) is 0 Å². The van der Waals surface area contributed by atoms with Crippen molar-refractivity contribution in [2.45, 2.75) is 58.1 Å². The number of aromatic nitrogens is 2. The Kier molecular flexibility index (Phi) is 3.33. The molecule has 3 nitrogen and oxygen atoms in total. The molecule has 16 heavy (non-hydrogen) atoms. The molecule has 0 radical (unpaired) electrons. The second kappa shape index (κ2) is 4.58. The number of hydrogen-bond acceptors (Lipinski definition) is 2. The van der Waals surface area contributed by atoms with Crippen molar-refractivity contribution in [3.05, 3.63) is 18.0 Å². The average molecular weight is 222 g/mol. The van der Waals surface area contributed by atoms with E-state index in [4.69, 9.17) is 0 Å². The summed E-state index contributed by atoms with van der Waals surface area (Å²) in [6.07, 6.45) is 9.07. The molecule has 1 aromatic rings. The molecule has 3 heteroatoms. The third-order valence-electron chi connectivity index (χ3n) is 3.83. The van der Waals surface area contributed by atoms with E-state index in [1.54, 1.807) is 0 Å². The lowest BCUT2D eigenvalue weighted by Gasteiger charge is -2.25. The molecule has 1 aliphatic carbocycles. The molecule has 0 bridgehead atoms. The fraction of sp³-hybridized carbons (Fsp3) is 0.769. The summed E-state index contributed by atoms with van der Waals surface area (Å²) >= 11 is 0. The monoisotopic (exact) mass is 222 g/mol. The first kappa shape index (κ1) is 11.6. The normalized spacial score (nSPS) is 31.3. The Balaban J connectivity index is 2.16. The molecule has 0 aromatic carbocycles. The fourth-order valence-corrected chi connectivity index (χ4v) is 2.56. The maximum absolute atomic E-state index is 10.7. The number of hydrogen-bond donors (Lipinski definition) is 1. The van der Waals surface area contributed by atoms with Gasteiger partial charge in [-0.25, -0.2) is 0 Å². The van der Waals surface area contributed by atoms with E-state index in [0.29, 0.717) is 0 Å². The molecule has 1 saturated carbocycles. The minimum atomic E-state index is -0.627. The van der Waals surface area contributed by atoms with Gasteiger partial charge in [-0.2, -0.15) is 5.10 Å². The van der Waals surface area contributed by atoms with Gasteiger partial charge >= 0.3 is 0 Å². The van der Waals surface area contributed by atoms with Crippen LogP contribution in [0.25, 0.3) is 0 Å². The van der Waals surface area contributed by atoms with E-state index in [0.717, 1.165) is 43.7 Å². The summed E-state index contributed by atoms with van der Waals surface area (Å²) in [7, 11) is 0. The lowest BCUT2D eigenvalue weighted by molar-refractivity contribution is 0.0197. The molecule has 1 heterocycles. The predicted molar refractivity (Wildman–Crippen MR) is 64.0 cm³/mol. The molecule has 0 saturated heterocycles. The van der Waals surface area contributed by atoms with Gasteiger partial charge in [-0.1, -0.05) is 13.3 Å². The number of aliphatic hydroxyl groups is 1. The molecule has 2 atom stereocenters. The van der Waals surface area contributed by atoms with Crippen molar-refractivity contribution in [2.24, 2.45) is 5.92 Å². The maximum atomic E-state index is 10.7. The first-order valence-electron chi connectivity index (χ1n) is 6.39. The summed E-state index contributed by atoms with van der Waals surface area (Å²) in [6, 6.07) is 0. The van der Waals surface area contributed by atoms with Crippen molar-refractivity contribution >= 4 is 0 Å². The van der Waals surface area contributed by atoms with Crippen LogP contribution in [0.5, 0.6) is 0 Å². The van der Waals surface area contributed by atoms with E-state index in [2.05, 4.69) is 18.9 Å². The standard InChI is InChI=1S/C13H22N2O/c1-3-15-10-12(9-14-15)13(16)7-4-5-11(2)6-8-13/h9-11,16H,3-8H2,1-2H3. The zero-order valence-corrected chi connectivity index (χ0v) is 10.3. The lowest BCUT2D eigenvalue weighted by atomic mass is 9.88. The van der Waals surface area contributed by atoms with Crippen LogP contribution in [0.15, 0.2) is 12.4 Å². The van der Waals surface area contributed by atoms with E-state index in [1.165, 1.54) is 6.42 Å². The van der Waals surface area contributed by atoms with Crippen LogP contribution >= 0.6 is 0 Å². The molecule has 1 aliphatic rings. The topological polar surface area (TPSA) is 38.0 Å². The highest BCUT2D eigenvalue weighted by Gasteiger charge is 2.32. The van der Waals surface area contributed by atoms with Gasteiger partial charge < -0.3 is 5.11 Å². The molecule has 1 fully saturated rings. The number of rotatable bonds is 2. The minimum absolute atomic E-state index is 0.627. The van der Waals surface area contributed by atoms with E-state index in [-0.39, 0.29) is 0 Å². The SMILES string of the molecule is CCn1cc(C2(O)CCCC(C)CC2)cn1. The van der Waals surface area contributed by atoms with E-state index < -0.39 is 5.60 Å². The summed E-state index contributed by atoms with van der Waals surface area (Å²) in [6.45, 7) is 5.21. The molecule has 90 valence electrons. The van der Waals surface area contributed by atoms with Gasteiger partial charge in [0.2, 0.25) is 0 Å². The van der Waals surface area contributed by atoms with Gasteiger partial charge in [0, 0.05) is 18.3 Å². The van der Waals surface area contributed by atoms with Gasteiger partial charge in [0.25, 0.3) is 0 Å². The summed E-state index contributed by atoms with van der Waals surface area (Å²) < 4.78 is 1.89. The number of nitrogens with zero attached hydrogens (tertiary/aromatic N) is 2. The first-order chi connectivity index (χ1) is 7.64. The largest absolute Gasteiger partial charge is 0.385 e. The quantitative estimate of drug-likeness (QED) is 0.781. The van der Waals surface area contributed by atoms with Crippen LogP contribution in [0.4, 0.5) is 0 Å². The maximum Gasteiger partial charge on any atom is 0.0927 e. The van der Waals surface area contributed by atoms with Crippen LogP contribution in [-0.4, -0.2) is 14.9 Å². The number of aryl methyl sites for hydroxylation is 1. The third-order valence-corrected chi connectivity index (χ3v) is 3.83. The van der Waals surface area contributed by atoms with Gasteiger partial charge in [-0.05, 0) is 38.5 Å². The molecular weight excluding hydrogens is 200 g/mol. The lowest BCUT2D eigenvalue weighted by Crippen LogP contribution is -2.24. The van der Waals surface area contributed by atoms with Crippen molar-refractivity contribution in [1.29, 1.82) is 0 Å². The predicted octanol–water partition coefficient (Wildman–Crippen LogP) is 2.69. The van der Waals surface area contributed by atoms with Crippen LogP contribution in [0, 0.1) is 5.92 Å². The smallest absolute Gasteiger partial charge is 0.0927 e. The zero-order chi connectivity index (χ0) is 11.6. The molecule has 2 rings (SSSR count). The fourth-order valence-electron chi connectivity index (χ4n) is 2.56. The first-order valence-corrected chi connectivity index (χ1v) is 6.39.